The monoisotopic (exact) mass is 241 g/mol. The van der Waals surface area contributed by atoms with Gasteiger partial charge in [-0.1, -0.05) is 30.3 Å². The molecule has 2 rings (SSSR count). The summed E-state index contributed by atoms with van der Waals surface area (Å²) in [5.41, 5.74) is 6.33. The van der Waals surface area contributed by atoms with Crippen LogP contribution < -0.4 is 5.73 Å². The third kappa shape index (κ3) is 2.82. The Labute approximate surface area is 101 Å². The highest BCUT2D eigenvalue weighted by Crippen LogP contribution is 2.28. The summed E-state index contributed by atoms with van der Waals surface area (Å²) in [6, 6.07) is 9.33. The van der Waals surface area contributed by atoms with E-state index >= 15 is 0 Å². The van der Waals surface area contributed by atoms with Crippen LogP contribution in [0.3, 0.4) is 0 Å². The number of ketones is 1. The van der Waals surface area contributed by atoms with Gasteiger partial charge in [0.2, 0.25) is 0 Å². The normalized spacial score (nSPS) is 24.4. The van der Waals surface area contributed by atoms with Gasteiger partial charge in [0.1, 0.15) is 5.60 Å². The van der Waals surface area contributed by atoms with Crippen molar-refractivity contribution in [1.82, 2.24) is 0 Å². The first-order valence-corrected chi connectivity index (χ1v) is 5.09. The number of nitrogens with two attached hydrogens (primary N) is 1. The van der Waals surface area contributed by atoms with Crippen molar-refractivity contribution in [3.63, 3.8) is 0 Å². The van der Waals surface area contributed by atoms with E-state index in [4.69, 9.17) is 10.5 Å². The molecule has 1 aliphatic rings. The van der Waals surface area contributed by atoms with E-state index in [1.54, 1.807) is 6.92 Å². The summed E-state index contributed by atoms with van der Waals surface area (Å²) in [6.07, 6.45) is 0.582. The molecule has 88 valence electrons. The van der Waals surface area contributed by atoms with Crippen LogP contribution in [-0.4, -0.2) is 24.0 Å². The molecule has 1 aromatic rings. The zero-order chi connectivity index (χ0) is 10.9. The average molecular weight is 242 g/mol. The van der Waals surface area contributed by atoms with Crippen LogP contribution >= 0.6 is 12.4 Å². The van der Waals surface area contributed by atoms with Crippen LogP contribution in [0.1, 0.15) is 12.5 Å². The van der Waals surface area contributed by atoms with Crippen LogP contribution in [0, 0.1) is 0 Å². The first-order chi connectivity index (χ1) is 7.12. The van der Waals surface area contributed by atoms with Gasteiger partial charge in [-0.05, 0) is 18.9 Å². The van der Waals surface area contributed by atoms with Crippen molar-refractivity contribution in [2.75, 3.05) is 6.61 Å². The summed E-state index contributed by atoms with van der Waals surface area (Å²) >= 11 is 0. The number of Topliss-reactive ketones (excluding diaryl/α,β-unsaturated/α-hetero) is 1. The molecule has 1 heterocycles. The van der Waals surface area contributed by atoms with Gasteiger partial charge in [0.15, 0.2) is 5.78 Å². The molecule has 1 saturated heterocycles. The van der Waals surface area contributed by atoms with Crippen molar-refractivity contribution in [1.29, 1.82) is 0 Å². The molecule has 0 bridgehead atoms. The van der Waals surface area contributed by atoms with Crippen LogP contribution in [0.25, 0.3) is 0 Å². The third-order valence-corrected chi connectivity index (χ3v) is 2.73. The SMILES string of the molecule is CC1(C(=O)C(N)Cc2ccccc2)CO1.Cl. The lowest BCUT2D eigenvalue weighted by Crippen LogP contribution is -2.40. The van der Waals surface area contributed by atoms with Crippen LogP contribution in [0.5, 0.6) is 0 Å². The molecule has 0 radical (unpaired) electrons. The molecule has 0 amide bonds. The molecule has 4 heteroatoms. The Morgan fingerprint density at radius 1 is 1.50 bits per heavy atom. The Bertz CT molecular complexity index is 363. The fourth-order valence-corrected chi connectivity index (χ4v) is 1.60. The molecule has 1 aliphatic heterocycles. The summed E-state index contributed by atoms with van der Waals surface area (Å²) in [5.74, 6) is 0.00588. The Hall–Kier alpha value is -0.900. The number of carbonyl (C=O) groups excluding carboxylic acids is 1. The quantitative estimate of drug-likeness (QED) is 0.810. The molecule has 16 heavy (non-hydrogen) atoms. The Balaban J connectivity index is 0.00000128. The standard InChI is InChI=1S/C12H15NO2.ClH/c1-12(8-15-12)11(14)10(13)7-9-5-3-2-4-6-9;/h2-6,10H,7-8,13H2,1H3;1H. The van der Waals surface area contributed by atoms with Gasteiger partial charge in [-0.15, -0.1) is 12.4 Å². The molecule has 0 saturated carbocycles. The van der Waals surface area contributed by atoms with Gasteiger partial charge >= 0.3 is 0 Å². The number of rotatable bonds is 4. The fraction of sp³-hybridized carbons (Fsp3) is 0.417. The number of hydrogen-bond donors (Lipinski definition) is 1. The summed E-state index contributed by atoms with van der Waals surface area (Å²) in [6.45, 7) is 2.30. The molecule has 1 aromatic carbocycles. The summed E-state index contributed by atoms with van der Waals surface area (Å²) in [4.78, 5) is 11.8. The summed E-state index contributed by atoms with van der Waals surface area (Å²) < 4.78 is 5.09. The van der Waals surface area contributed by atoms with Crippen molar-refractivity contribution >= 4 is 18.2 Å². The molecule has 1 fully saturated rings. The molecule has 0 aliphatic carbocycles. The highest BCUT2D eigenvalue weighted by atomic mass is 35.5. The summed E-state index contributed by atoms with van der Waals surface area (Å²) in [5, 5.41) is 0. The molecule has 0 spiro atoms. The van der Waals surface area contributed by atoms with E-state index in [-0.39, 0.29) is 18.2 Å². The number of halogens is 1. The molecule has 3 nitrogen and oxygen atoms in total. The highest BCUT2D eigenvalue weighted by Gasteiger charge is 2.48. The summed E-state index contributed by atoms with van der Waals surface area (Å²) in [7, 11) is 0. The van der Waals surface area contributed by atoms with Crippen molar-refractivity contribution in [3.05, 3.63) is 35.9 Å². The topological polar surface area (TPSA) is 55.6 Å². The zero-order valence-electron chi connectivity index (χ0n) is 9.18. The lowest BCUT2D eigenvalue weighted by Gasteiger charge is -2.12. The highest BCUT2D eigenvalue weighted by molar-refractivity contribution is 5.93. The van der Waals surface area contributed by atoms with E-state index in [0.717, 1.165) is 5.56 Å². The Kier molecular flexibility index (Phi) is 4.08. The molecule has 0 aromatic heterocycles. The molecule has 2 atom stereocenters. The smallest absolute Gasteiger partial charge is 0.183 e. The van der Waals surface area contributed by atoms with Crippen molar-refractivity contribution < 1.29 is 9.53 Å². The Morgan fingerprint density at radius 3 is 2.56 bits per heavy atom. The average Bonchev–Trinajstić information content (AvgIpc) is 2.98. The van der Waals surface area contributed by atoms with E-state index in [1.807, 2.05) is 30.3 Å². The first-order valence-electron chi connectivity index (χ1n) is 5.09. The second-order valence-corrected chi connectivity index (χ2v) is 4.18. The van der Waals surface area contributed by atoms with Gasteiger partial charge < -0.3 is 10.5 Å². The maximum atomic E-state index is 11.8. The number of hydrogen-bond acceptors (Lipinski definition) is 3. The number of ether oxygens (including phenoxy) is 1. The number of carbonyl (C=O) groups is 1. The number of epoxide rings is 1. The maximum absolute atomic E-state index is 11.8. The van der Waals surface area contributed by atoms with Crippen molar-refractivity contribution in [3.8, 4) is 0 Å². The molecular weight excluding hydrogens is 226 g/mol. The second kappa shape index (κ2) is 4.95. The largest absolute Gasteiger partial charge is 0.362 e. The third-order valence-electron chi connectivity index (χ3n) is 2.73. The predicted molar refractivity (Wildman–Crippen MR) is 64.7 cm³/mol. The zero-order valence-corrected chi connectivity index (χ0v) is 10.00. The first kappa shape index (κ1) is 13.2. The minimum Gasteiger partial charge on any atom is -0.362 e. The van der Waals surface area contributed by atoms with E-state index in [9.17, 15) is 4.79 Å². The fourth-order valence-electron chi connectivity index (χ4n) is 1.60. The molecular formula is C12H16ClNO2. The van der Waals surface area contributed by atoms with E-state index in [0.29, 0.717) is 13.0 Å². The van der Waals surface area contributed by atoms with Gasteiger partial charge in [-0.25, -0.2) is 0 Å². The molecule has 2 unspecified atom stereocenters. The van der Waals surface area contributed by atoms with Crippen LogP contribution in [0.15, 0.2) is 30.3 Å². The maximum Gasteiger partial charge on any atom is 0.183 e. The lowest BCUT2D eigenvalue weighted by molar-refractivity contribution is -0.124. The minimum absolute atomic E-state index is 0. The number of benzene rings is 1. The predicted octanol–water partition coefficient (Wildman–Crippen LogP) is 1.34. The lowest BCUT2D eigenvalue weighted by atomic mass is 9.96. The van der Waals surface area contributed by atoms with E-state index < -0.39 is 11.6 Å². The van der Waals surface area contributed by atoms with Gasteiger partial charge in [-0.3, -0.25) is 4.79 Å². The Morgan fingerprint density at radius 2 is 2.06 bits per heavy atom. The van der Waals surface area contributed by atoms with E-state index in [2.05, 4.69) is 0 Å². The van der Waals surface area contributed by atoms with Gasteiger partial charge in [0.05, 0.1) is 12.6 Å². The van der Waals surface area contributed by atoms with Gasteiger partial charge in [0.25, 0.3) is 0 Å². The van der Waals surface area contributed by atoms with E-state index in [1.165, 1.54) is 0 Å². The minimum atomic E-state index is -0.603. The second-order valence-electron chi connectivity index (χ2n) is 4.18. The van der Waals surface area contributed by atoms with Gasteiger partial charge in [-0.2, -0.15) is 0 Å². The van der Waals surface area contributed by atoms with Crippen molar-refractivity contribution in [2.45, 2.75) is 25.0 Å². The van der Waals surface area contributed by atoms with Crippen LogP contribution in [0.4, 0.5) is 0 Å². The van der Waals surface area contributed by atoms with Crippen molar-refractivity contribution in [2.24, 2.45) is 5.73 Å². The molecule has 2 N–H and O–H groups in total. The van der Waals surface area contributed by atoms with Gasteiger partial charge in [0, 0.05) is 0 Å². The van der Waals surface area contributed by atoms with Crippen LogP contribution in [-0.2, 0) is 16.0 Å². The van der Waals surface area contributed by atoms with Crippen LogP contribution in [0.2, 0.25) is 0 Å².